The molecule has 1 aromatic heterocycles. The highest BCUT2D eigenvalue weighted by molar-refractivity contribution is 6.05. The molecule has 0 N–H and O–H groups in total. The summed E-state index contributed by atoms with van der Waals surface area (Å²) in [4.78, 5) is 34.8. The van der Waals surface area contributed by atoms with Crippen LogP contribution in [0.5, 0.6) is 0 Å². The Labute approximate surface area is 178 Å². The first-order valence-corrected chi connectivity index (χ1v) is 11.1. The SMILES string of the molecule is CCCN1CCc2nc3ccccc3c(C(=O)OCC(=O)N3CCCC(C)C3)c2C1. The molecule has 2 aliphatic heterocycles. The van der Waals surface area contributed by atoms with E-state index in [4.69, 9.17) is 9.72 Å². The minimum absolute atomic E-state index is 0.102. The summed E-state index contributed by atoms with van der Waals surface area (Å²) in [5.74, 6) is -0.0181. The molecule has 1 aromatic carbocycles. The largest absolute Gasteiger partial charge is 0.452 e. The lowest BCUT2D eigenvalue weighted by atomic mass is 9.95. The zero-order valence-corrected chi connectivity index (χ0v) is 18.0. The van der Waals surface area contributed by atoms with Crippen molar-refractivity contribution in [2.75, 3.05) is 32.8 Å². The van der Waals surface area contributed by atoms with E-state index in [2.05, 4.69) is 18.7 Å². The molecular formula is C24H31N3O3. The van der Waals surface area contributed by atoms with E-state index in [9.17, 15) is 9.59 Å². The summed E-state index contributed by atoms with van der Waals surface area (Å²) in [6.45, 7) is 8.26. The van der Waals surface area contributed by atoms with E-state index >= 15 is 0 Å². The third kappa shape index (κ3) is 4.33. The fourth-order valence-electron chi connectivity index (χ4n) is 4.69. The number of aromatic nitrogens is 1. The summed E-state index contributed by atoms with van der Waals surface area (Å²) in [7, 11) is 0. The molecule has 3 heterocycles. The van der Waals surface area contributed by atoms with Gasteiger partial charge in [-0.05, 0) is 37.8 Å². The van der Waals surface area contributed by atoms with E-state index in [0.717, 1.165) is 74.0 Å². The molecule has 2 aromatic rings. The van der Waals surface area contributed by atoms with Crippen LogP contribution in [0.15, 0.2) is 24.3 Å². The number of carbonyl (C=O) groups is 2. The summed E-state index contributed by atoms with van der Waals surface area (Å²) < 4.78 is 5.57. The van der Waals surface area contributed by atoms with Gasteiger partial charge in [0.1, 0.15) is 0 Å². The fraction of sp³-hybridized carbons (Fsp3) is 0.542. The number of para-hydroxylation sites is 1. The maximum absolute atomic E-state index is 13.2. The van der Waals surface area contributed by atoms with Crippen LogP contribution in [-0.2, 0) is 22.5 Å². The van der Waals surface area contributed by atoms with Gasteiger partial charge in [0.25, 0.3) is 5.91 Å². The number of hydrogen-bond acceptors (Lipinski definition) is 5. The Balaban J connectivity index is 1.58. The van der Waals surface area contributed by atoms with Gasteiger partial charge in [-0.2, -0.15) is 0 Å². The number of ether oxygens (including phenoxy) is 1. The number of fused-ring (bicyclic) bond motifs is 2. The van der Waals surface area contributed by atoms with Crippen molar-refractivity contribution >= 4 is 22.8 Å². The molecule has 6 nitrogen and oxygen atoms in total. The second-order valence-electron chi connectivity index (χ2n) is 8.62. The fourth-order valence-corrected chi connectivity index (χ4v) is 4.69. The van der Waals surface area contributed by atoms with E-state index in [1.807, 2.05) is 29.2 Å². The molecular weight excluding hydrogens is 378 g/mol. The third-order valence-electron chi connectivity index (χ3n) is 6.21. The highest BCUT2D eigenvalue weighted by Gasteiger charge is 2.28. The molecule has 2 aliphatic rings. The van der Waals surface area contributed by atoms with Crippen LogP contribution in [0.2, 0.25) is 0 Å². The molecule has 160 valence electrons. The molecule has 1 unspecified atom stereocenters. The van der Waals surface area contributed by atoms with Gasteiger partial charge >= 0.3 is 5.97 Å². The van der Waals surface area contributed by atoms with Crippen LogP contribution in [0.1, 0.15) is 54.7 Å². The Morgan fingerprint density at radius 3 is 2.87 bits per heavy atom. The second-order valence-corrected chi connectivity index (χ2v) is 8.62. The number of hydrogen-bond donors (Lipinski definition) is 0. The monoisotopic (exact) mass is 409 g/mol. The number of nitrogens with zero attached hydrogens (tertiary/aromatic N) is 3. The van der Waals surface area contributed by atoms with Gasteiger partial charge in [0.05, 0.1) is 11.1 Å². The first-order chi connectivity index (χ1) is 14.6. The van der Waals surface area contributed by atoms with Gasteiger partial charge < -0.3 is 9.64 Å². The van der Waals surface area contributed by atoms with E-state index in [1.54, 1.807) is 0 Å². The molecule has 0 bridgehead atoms. The van der Waals surface area contributed by atoms with Gasteiger partial charge in [0, 0.05) is 49.2 Å². The van der Waals surface area contributed by atoms with Crippen molar-refractivity contribution < 1.29 is 14.3 Å². The minimum Gasteiger partial charge on any atom is -0.452 e. The average molecular weight is 410 g/mol. The normalized spacial score (nSPS) is 19.5. The van der Waals surface area contributed by atoms with Crippen molar-refractivity contribution in [2.24, 2.45) is 5.92 Å². The molecule has 1 saturated heterocycles. The van der Waals surface area contributed by atoms with E-state index < -0.39 is 5.97 Å². The molecule has 6 heteroatoms. The molecule has 1 fully saturated rings. The standard InChI is InChI=1S/C24H31N3O3/c1-3-11-26-13-10-21-19(15-26)23(18-8-4-5-9-20(18)25-21)24(29)30-16-22(28)27-12-6-7-17(2)14-27/h4-5,8-9,17H,3,6-7,10-16H2,1-2H3. The average Bonchev–Trinajstić information content (AvgIpc) is 2.76. The summed E-state index contributed by atoms with van der Waals surface area (Å²) >= 11 is 0. The highest BCUT2D eigenvalue weighted by atomic mass is 16.5. The maximum atomic E-state index is 13.2. The molecule has 0 saturated carbocycles. The topological polar surface area (TPSA) is 62.7 Å². The molecule has 30 heavy (non-hydrogen) atoms. The number of piperidine rings is 1. The van der Waals surface area contributed by atoms with Gasteiger partial charge in [-0.3, -0.25) is 14.7 Å². The molecule has 4 rings (SSSR count). The summed E-state index contributed by atoms with van der Waals surface area (Å²) in [6.07, 6.45) is 4.05. The highest BCUT2D eigenvalue weighted by Crippen LogP contribution is 2.29. The van der Waals surface area contributed by atoms with Crippen LogP contribution < -0.4 is 0 Å². The van der Waals surface area contributed by atoms with E-state index in [-0.39, 0.29) is 12.5 Å². The van der Waals surface area contributed by atoms with Crippen LogP contribution in [0.3, 0.4) is 0 Å². The zero-order valence-electron chi connectivity index (χ0n) is 18.0. The van der Waals surface area contributed by atoms with Crippen molar-refractivity contribution in [3.8, 4) is 0 Å². The quantitative estimate of drug-likeness (QED) is 0.708. The van der Waals surface area contributed by atoms with Crippen LogP contribution >= 0.6 is 0 Å². The third-order valence-corrected chi connectivity index (χ3v) is 6.21. The smallest absolute Gasteiger partial charge is 0.339 e. The Morgan fingerprint density at radius 1 is 1.23 bits per heavy atom. The number of rotatable bonds is 5. The van der Waals surface area contributed by atoms with Crippen molar-refractivity contribution in [1.29, 1.82) is 0 Å². The van der Waals surface area contributed by atoms with Gasteiger partial charge in [0.2, 0.25) is 0 Å². The Bertz CT molecular complexity index is 943. The number of benzene rings is 1. The van der Waals surface area contributed by atoms with Gasteiger partial charge in [-0.25, -0.2) is 4.79 Å². The number of likely N-dealkylation sites (tertiary alicyclic amines) is 1. The Hall–Kier alpha value is -2.47. The molecule has 0 radical (unpaired) electrons. The predicted molar refractivity (Wildman–Crippen MR) is 116 cm³/mol. The molecule has 1 amide bonds. The molecule has 0 aliphatic carbocycles. The first kappa shape index (κ1) is 20.8. The predicted octanol–water partition coefficient (Wildman–Crippen LogP) is 3.42. The summed E-state index contributed by atoms with van der Waals surface area (Å²) in [6, 6.07) is 7.71. The Morgan fingerprint density at radius 2 is 2.07 bits per heavy atom. The summed E-state index contributed by atoms with van der Waals surface area (Å²) in [5, 5.41) is 0.804. The van der Waals surface area contributed by atoms with Gasteiger partial charge in [-0.1, -0.05) is 32.0 Å². The van der Waals surface area contributed by atoms with Crippen molar-refractivity contribution in [3.63, 3.8) is 0 Å². The van der Waals surface area contributed by atoms with Gasteiger partial charge in [-0.15, -0.1) is 0 Å². The number of carbonyl (C=O) groups excluding carboxylic acids is 2. The van der Waals surface area contributed by atoms with Crippen LogP contribution in [-0.4, -0.2) is 59.4 Å². The lowest BCUT2D eigenvalue weighted by molar-refractivity contribution is -0.136. The lowest BCUT2D eigenvalue weighted by Crippen LogP contribution is -2.41. The lowest BCUT2D eigenvalue weighted by Gasteiger charge is -2.31. The number of pyridine rings is 1. The van der Waals surface area contributed by atoms with E-state index in [1.165, 1.54) is 0 Å². The number of amides is 1. The first-order valence-electron chi connectivity index (χ1n) is 11.1. The van der Waals surface area contributed by atoms with Crippen LogP contribution in [0.4, 0.5) is 0 Å². The molecule has 1 atom stereocenters. The summed E-state index contributed by atoms with van der Waals surface area (Å²) in [5.41, 5.74) is 3.32. The minimum atomic E-state index is -0.415. The van der Waals surface area contributed by atoms with Crippen LogP contribution in [0, 0.1) is 5.92 Å². The van der Waals surface area contributed by atoms with Crippen molar-refractivity contribution in [3.05, 3.63) is 41.1 Å². The Kier molecular flexibility index (Phi) is 6.32. The van der Waals surface area contributed by atoms with Crippen molar-refractivity contribution in [1.82, 2.24) is 14.8 Å². The molecule has 0 spiro atoms. The van der Waals surface area contributed by atoms with Crippen molar-refractivity contribution in [2.45, 2.75) is 46.1 Å². The van der Waals surface area contributed by atoms with E-state index in [0.29, 0.717) is 18.0 Å². The van der Waals surface area contributed by atoms with Gasteiger partial charge in [0.15, 0.2) is 6.61 Å². The number of esters is 1. The second kappa shape index (κ2) is 9.13. The zero-order chi connectivity index (χ0) is 21.1. The van der Waals surface area contributed by atoms with Crippen LogP contribution in [0.25, 0.3) is 10.9 Å². The maximum Gasteiger partial charge on any atom is 0.339 e.